The fraction of sp³-hybridized carbons (Fsp3) is 0.286. The van der Waals surface area contributed by atoms with E-state index in [1.54, 1.807) is 7.11 Å². The van der Waals surface area contributed by atoms with Crippen molar-refractivity contribution in [3.05, 3.63) is 60.2 Å². The van der Waals surface area contributed by atoms with Crippen LogP contribution in [0.5, 0.6) is 5.75 Å². The summed E-state index contributed by atoms with van der Waals surface area (Å²) >= 11 is 2.84. The van der Waals surface area contributed by atoms with Crippen LogP contribution in [0.25, 0.3) is 0 Å². The first-order valence-electron chi connectivity index (χ1n) is 9.36. The van der Waals surface area contributed by atoms with Crippen LogP contribution in [0.2, 0.25) is 0 Å². The molecule has 29 heavy (non-hydrogen) atoms. The summed E-state index contributed by atoms with van der Waals surface area (Å²) in [6.07, 6.45) is 2.25. The molecule has 1 aliphatic rings. The van der Waals surface area contributed by atoms with Crippen LogP contribution in [0.1, 0.15) is 18.4 Å². The van der Waals surface area contributed by atoms with Gasteiger partial charge in [0, 0.05) is 17.6 Å². The van der Waals surface area contributed by atoms with Crippen LogP contribution in [0.3, 0.4) is 0 Å². The summed E-state index contributed by atoms with van der Waals surface area (Å²) in [5.74, 6) is 1.16. The van der Waals surface area contributed by atoms with E-state index >= 15 is 0 Å². The van der Waals surface area contributed by atoms with Gasteiger partial charge in [0.05, 0.1) is 12.9 Å². The second-order valence-corrected chi connectivity index (χ2v) is 9.14. The highest BCUT2D eigenvalue weighted by Gasteiger charge is 2.44. The zero-order chi connectivity index (χ0) is 20.1. The molecule has 0 spiro atoms. The molecule has 1 fully saturated rings. The molecule has 1 aliphatic carbocycles. The molecule has 0 saturated heterocycles. The Bertz CT molecular complexity index is 956. The molecule has 0 atom stereocenters. The Morgan fingerprint density at radius 1 is 1.14 bits per heavy atom. The van der Waals surface area contributed by atoms with Crippen molar-refractivity contribution in [3.63, 3.8) is 0 Å². The Morgan fingerprint density at radius 2 is 1.90 bits per heavy atom. The SMILES string of the molecule is COc1ccc(Nc2nnc(SCC(=O)NCC3(c4ccccc4)CC3)s2)cc1. The molecule has 1 aromatic heterocycles. The molecule has 1 heterocycles. The molecule has 0 radical (unpaired) electrons. The minimum absolute atomic E-state index is 0.0251. The van der Waals surface area contributed by atoms with E-state index in [-0.39, 0.29) is 11.3 Å². The van der Waals surface area contributed by atoms with Crippen molar-refractivity contribution in [3.8, 4) is 5.75 Å². The number of thioether (sulfide) groups is 1. The number of nitrogens with zero attached hydrogens (tertiary/aromatic N) is 2. The van der Waals surface area contributed by atoms with E-state index in [4.69, 9.17) is 4.74 Å². The number of ether oxygens (including phenoxy) is 1. The van der Waals surface area contributed by atoms with E-state index in [0.29, 0.717) is 17.4 Å². The van der Waals surface area contributed by atoms with Gasteiger partial charge in [0.2, 0.25) is 11.0 Å². The zero-order valence-corrected chi connectivity index (χ0v) is 17.7. The first kappa shape index (κ1) is 19.7. The molecule has 1 amide bonds. The molecule has 4 rings (SSSR count). The first-order valence-corrected chi connectivity index (χ1v) is 11.2. The zero-order valence-electron chi connectivity index (χ0n) is 16.1. The van der Waals surface area contributed by atoms with E-state index in [1.807, 2.05) is 30.3 Å². The maximum Gasteiger partial charge on any atom is 0.230 e. The van der Waals surface area contributed by atoms with Gasteiger partial charge in [-0.1, -0.05) is 53.4 Å². The van der Waals surface area contributed by atoms with E-state index < -0.39 is 0 Å². The van der Waals surface area contributed by atoms with E-state index in [1.165, 1.54) is 28.7 Å². The summed E-state index contributed by atoms with van der Waals surface area (Å²) in [7, 11) is 1.64. The molecule has 6 nitrogen and oxygen atoms in total. The molecular weight excluding hydrogens is 404 g/mol. The van der Waals surface area contributed by atoms with E-state index in [0.717, 1.165) is 28.6 Å². The number of aromatic nitrogens is 2. The molecule has 3 aromatic rings. The van der Waals surface area contributed by atoms with Crippen LogP contribution in [0.15, 0.2) is 58.9 Å². The third kappa shape index (κ3) is 5.07. The number of methoxy groups -OCH3 is 1. The van der Waals surface area contributed by atoms with Crippen molar-refractivity contribution in [1.82, 2.24) is 15.5 Å². The summed E-state index contributed by atoms with van der Waals surface area (Å²) in [5, 5.41) is 15.3. The van der Waals surface area contributed by atoms with Gasteiger partial charge in [-0.3, -0.25) is 4.79 Å². The third-order valence-electron chi connectivity index (χ3n) is 4.94. The molecule has 1 saturated carbocycles. The fourth-order valence-corrected chi connectivity index (χ4v) is 4.67. The van der Waals surface area contributed by atoms with Crippen molar-refractivity contribution < 1.29 is 9.53 Å². The lowest BCUT2D eigenvalue weighted by molar-refractivity contribution is -0.118. The van der Waals surface area contributed by atoms with Crippen molar-refractivity contribution in [2.75, 3.05) is 24.7 Å². The average Bonchev–Trinajstić information content (AvgIpc) is 3.44. The lowest BCUT2D eigenvalue weighted by Crippen LogP contribution is -2.33. The van der Waals surface area contributed by atoms with E-state index in [2.05, 4.69) is 45.1 Å². The smallest absolute Gasteiger partial charge is 0.230 e. The van der Waals surface area contributed by atoms with Crippen LogP contribution >= 0.6 is 23.1 Å². The molecule has 2 aromatic carbocycles. The van der Waals surface area contributed by atoms with Crippen molar-refractivity contribution in [2.45, 2.75) is 22.6 Å². The van der Waals surface area contributed by atoms with Gasteiger partial charge in [-0.25, -0.2) is 0 Å². The second kappa shape index (κ2) is 8.84. The van der Waals surface area contributed by atoms with E-state index in [9.17, 15) is 4.79 Å². The fourth-order valence-electron chi connectivity index (χ4n) is 3.07. The number of carbonyl (C=O) groups excluding carboxylic acids is 1. The van der Waals surface area contributed by atoms with Crippen LogP contribution in [0, 0.1) is 0 Å². The minimum Gasteiger partial charge on any atom is -0.497 e. The molecule has 0 bridgehead atoms. The number of rotatable bonds is 9. The Kier molecular flexibility index (Phi) is 6.01. The predicted molar refractivity (Wildman–Crippen MR) is 117 cm³/mol. The van der Waals surface area contributed by atoms with Crippen molar-refractivity contribution in [2.24, 2.45) is 0 Å². The molecule has 0 unspecified atom stereocenters. The number of amides is 1. The average molecular weight is 427 g/mol. The molecular formula is C21H22N4O2S2. The highest BCUT2D eigenvalue weighted by atomic mass is 32.2. The lowest BCUT2D eigenvalue weighted by Gasteiger charge is -2.16. The Labute approximate surface area is 178 Å². The third-order valence-corrected chi connectivity index (χ3v) is 6.91. The summed E-state index contributed by atoms with van der Waals surface area (Å²) in [6.45, 7) is 0.691. The van der Waals surface area contributed by atoms with Crippen LogP contribution in [-0.2, 0) is 10.2 Å². The predicted octanol–water partition coefficient (Wildman–Crippen LogP) is 4.23. The number of hydrogen-bond donors (Lipinski definition) is 2. The number of benzene rings is 2. The standard InChI is InChI=1S/C21H22N4O2S2/c1-27-17-9-7-16(8-10-17)23-19-24-25-20(29-19)28-13-18(26)22-14-21(11-12-21)15-5-3-2-4-6-15/h2-10H,11-14H2,1H3,(H,22,26)(H,23,24). The number of anilines is 2. The molecule has 150 valence electrons. The maximum atomic E-state index is 12.3. The van der Waals surface area contributed by atoms with Crippen molar-refractivity contribution >= 4 is 39.8 Å². The van der Waals surface area contributed by atoms with Gasteiger partial charge in [-0.2, -0.15) is 0 Å². The first-order chi connectivity index (χ1) is 14.2. The van der Waals surface area contributed by atoms with Gasteiger partial charge in [0.15, 0.2) is 4.34 Å². The highest BCUT2D eigenvalue weighted by Crippen LogP contribution is 2.47. The number of hydrogen-bond acceptors (Lipinski definition) is 7. The largest absolute Gasteiger partial charge is 0.497 e. The van der Waals surface area contributed by atoms with Crippen LogP contribution in [-0.4, -0.2) is 35.5 Å². The molecule has 8 heteroatoms. The Hall–Kier alpha value is -2.58. The summed E-state index contributed by atoms with van der Waals surface area (Å²) < 4.78 is 5.92. The molecule has 0 aliphatic heterocycles. The molecule has 2 N–H and O–H groups in total. The number of nitrogens with one attached hydrogen (secondary N) is 2. The second-order valence-electron chi connectivity index (χ2n) is 6.94. The normalized spacial score (nSPS) is 14.2. The van der Waals surface area contributed by atoms with Crippen LogP contribution in [0.4, 0.5) is 10.8 Å². The van der Waals surface area contributed by atoms with Gasteiger partial charge >= 0.3 is 0 Å². The summed E-state index contributed by atoms with van der Waals surface area (Å²) in [4.78, 5) is 12.3. The van der Waals surface area contributed by atoms with Crippen molar-refractivity contribution in [1.29, 1.82) is 0 Å². The maximum absolute atomic E-state index is 12.3. The number of carbonyl (C=O) groups is 1. The Balaban J connectivity index is 1.24. The Morgan fingerprint density at radius 3 is 2.59 bits per heavy atom. The lowest BCUT2D eigenvalue weighted by atomic mass is 9.96. The van der Waals surface area contributed by atoms with Gasteiger partial charge in [0.1, 0.15) is 5.75 Å². The summed E-state index contributed by atoms with van der Waals surface area (Å²) in [5.41, 5.74) is 2.35. The quantitative estimate of drug-likeness (QED) is 0.499. The topological polar surface area (TPSA) is 76.1 Å². The van der Waals surface area contributed by atoms with Gasteiger partial charge in [-0.15, -0.1) is 10.2 Å². The monoisotopic (exact) mass is 426 g/mol. The van der Waals surface area contributed by atoms with Gasteiger partial charge in [-0.05, 0) is 42.7 Å². The van der Waals surface area contributed by atoms with Gasteiger partial charge < -0.3 is 15.4 Å². The van der Waals surface area contributed by atoms with Gasteiger partial charge in [0.25, 0.3) is 0 Å². The highest BCUT2D eigenvalue weighted by molar-refractivity contribution is 8.01. The summed E-state index contributed by atoms with van der Waals surface area (Å²) in [6, 6.07) is 18.0. The van der Waals surface area contributed by atoms with Crippen LogP contribution < -0.4 is 15.4 Å². The minimum atomic E-state index is 0.0251.